The van der Waals surface area contributed by atoms with E-state index in [4.69, 9.17) is 9.26 Å². The Balaban J connectivity index is 2.05. The smallest absolute Gasteiger partial charge is 0.259 e. The number of methoxy groups -OCH3 is 1. The average molecular weight is 213 g/mol. The van der Waals surface area contributed by atoms with Crippen LogP contribution in [0.2, 0.25) is 0 Å². The second-order valence-corrected chi connectivity index (χ2v) is 3.72. The first kappa shape index (κ1) is 10.5. The molecule has 0 amide bonds. The van der Waals surface area contributed by atoms with Crippen molar-refractivity contribution < 1.29 is 14.4 Å². The van der Waals surface area contributed by atoms with Crippen LogP contribution >= 0.6 is 0 Å². The lowest BCUT2D eigenvalue weighted by molar-refractivity contribution is 0.0243. The van der Waals surface area contributed by atoms with E-state index in [1.54, 1.807) is 7.11 Å². The van der Waals surface area contributed by atoms with Crippen molar-refractivity contribution in [2.75, 3.05) is 26.8 Å². The van der Waals surface area contributed by atoms with Crippen molar-refractivity contribution in [3.63, 3.8) is 0 Å². The van der Waals surface area contributed by atoms with Crippen LogP contribution in [0, 0.1) is 0 Å². The van der Waals surface area contributed by atoms with Gasteiger partial charge in [-0.05, 0) is 13.0 Å². The fraction of sp³-hybridized carbons (Fsp3) is 0.778. The van der Waals surface area contributed by atoms with E-state index in [0.717, 1.165) is 6.54 Å². The Bertz CT molecular complexity index is 320. The highest BCUT2D eigenvalue weighted by atomic mass is 16.5. The predicted molar refractivity (Wildman–Crippen MR) is 51.3 cm³/mol. The molecule has 1 aliphatic heterocycles. The van der Waals surface area contributed by atoms with Crippen LogP contribution in [-0.4, -0.2) is 42.1 Å². The van der Waals surface area contributed by atoms with Crippen molar-refractivity contribution in [3.05, 3.63) is 11.7 Å². The van der Waals surface area contributed by atoms with Gasteiger partial charge in [0.15, 0.2) is 11.4 Å². The van der Waals surface area contributed by atoms with E-state index in [9.17, 15) is 5.11 Å². The average Bonchev–Trinajstić information content (AvgIpc) is 2.84. The quantitative estimate of drug-likeness (QED) is 0.698. The van der Waals surface area contributed by atoms with Gasteiger partial charge in [-0.1, -0.05) is 5.16 Å². The first-order chi connectivity index (χ1) is 7.24. The maximum atomic E-state index is 10.1. The van der Waals surface area contributed by atoms with Crippen LogP contribution in [0.15, 0.2) is 4.52 Å². The first-order valence-corrected chi connectivity index (χ1v) is 5.00. The largest absolute Gasteiger partial charge is 0.384 e. The Kier molecular flexibility index (Phi) is 2.99. The number of β-amino-alcohol motifs (C(OH)–C–C–N with tert-alkyl or cyclic N) is 1. The van der Waals surface area contributed by atoms with Crippen molar-refractivity contribution in [2.45, 2.75) is 18.4 Å². The fourth-order valence-corrected chi connectivity index (χ4v) is 1.60. The molecule has 1 aromatic heterocycles. The summed E-state index contributed by atoms with van der Waals surface area (Å²) < 4.78 is 9.95. The predicted octanol–water partition coefficient (Wildman–Crippen LogP) is -0.561. The van der Waals surface area contributed by atoms with Gasteiger partial charge in [-0.2, -0.15) is 4.98 Å². The van der Waals surface area contributed by atoms with Crippen LogP contribution in [0.1, 0.15) is 18.1 Å². The fourth-order valence-electron chi connectivity index (χ4n) is 1.60. The Labute approximate surface area is 87.6 Å². The van der Waals surface area contributed by atoms with Gasteiger partial charge in [-0.25, -0.2) is 0 Å². The van der Waals surface area contributed by atoms with E-state index in [-0.39, 0.29) is 0 Å². The van der Waals surface area contributed by atoms with Crippen molar-refractivity contribution >= 4 is 0 Å². The van der Waals surface area contributed by atoms with E-state index in [1.807, 2.05) is 0 Å². The van der Waals surface area contributed by atoms with Crippen LogP contribution in [-0.2, 0) is 16.8 Å². The molecule has 6 heteroatoms. The molecule has 15 heavy (non-hydrogen) atoms. The van der Waals surface area contributed by atoms with Crippen molar-refractivity contribution in [1.82, 2.24) is 15.5 Å². The Hall–Kier alpha value is -0.980. The molecule has 0 spiro atoms. The molecule has 2 rings (SSSR count). The third kappa shape index (κ3) is 2.17. The molecule has 1 atom stereocenters. The molecule has 6 nitrogen and oxygen atoms in total. The number of hydrogen-bond donors (Lipinski definition) is 2. The van der Waals surface area contributed by atoms with E-state index in [2.05, 4.69) is 15.5 Å². The summed E-state index contributed by atoms with van der Waals surface area (Å²) in [5.41, 5.74) is -0.988. The first-order valence-electron chi connectivity index (χ1n) is 5.00. The van der Waals surface area contributed by atoms with Gasteiger partial charge in [0.2, 0.25) is 0 Å². The zero-order valence-electron chi connectivity index (χ0n) is 8.69. The highest BCUT2D eigenvalue weighted by Gasteiger charge is 2.38. The molecule has 0 bridgehead atoms. The molecule has 0 saturated carbocycles. The molecule has 1 saturated heterocycles. The highest BCUT2D eigenvalue weighted by Crippen LogP contribution is 2.25. The second kappa shape index (κ2) is 4.26. The normalized spacial score (nSPS) is 26.0. The van der Waals surface area contributed by atoms with Gasteiger partial charge < -0.3 is 19.7 Å². The molecule has 1 fully saturated rings. The van der Waals surface area contributed by atoms with Crippen LogP contribution in [0.5, 0.6) is 0 Å². The lowest BCUT2D eigenvalue weighted by Gasteiger charge is -2.14. The Morgan fingerprint density at radius 1 is 1.67 bits per heavy atom. The van der Waals surface area contributed by atoms with Crippen molar-refractivity contribution in [3.8, 4) is 0 Å². The Morgan fingerprint density at radius 2 is 2.53 bits per heavy atom. The molecular weight excluding hydrogens is 198 g/mol. The summed E-state index contributed by atoms with van der Waals surface area (Å²) in [6.07, 6.45) is 1.21. The number of aromatic nitrogens is 2. The molecule has 1 unspecified atom stereocenters. The zero-order chi connectivity index (χ0) is 10.7. The molecule has 0 aromatic carbocycles. The van der Waals surface area contributed by atoms with E-state index in [1.165, 1.54) is 0 Å². The summed E-state index contributed by atoms with van der Waals surface area (Å²) in [5.74, 6) is 0.880. The minimum absolute atomic E-state index is 0.304. The number of hydrogen-bond acceptors (Lipinski definition) is 6. The molecule has 1 aliphatic rings. The van der Waals surface area contributed by atoms with Crippen LogP contribution in [0.4, 0.5) is 0 Å². The van der Waals surface area contributed by atoms with Gasteiger partial charge in [-0.3, -0.25) is 0 Å². The van der Waals surface area contributed by atoms with E-state index >= 15 is 0 Å². The number of nitrogens with zero attached hydrogens (tertiary/aromatic N) is 2. The molecular formula is C9H15N3O3. The van der Waals surface area contributed by atoms with Crippen LogP contribution < -0.4 is 5.32 Å². The van der Waals surface area contributed by atoms with Crippen LogP contribution in [0.3, 0.4) is 0 Å². The zero-order valence-corrected chi connectivity index (χ0v) is 8.69. The number of nitrogens with one attached hydrogen (secondary N) is 1. The minimum Gasteiger partial charge on any atom is -0.384 e. The summed E-state index contributed by atoms with van der Waals surface area (Å²) in [6, 6.07) is 0. The lowest BCUT2D eigenvalue weighted by atomic mass is 10.0. The van der Waals surface area contributed by atoms with Gasteiger partial charge in [-0.15, -0.1) is 0 Å². The van der Waals surface area contributed by atoms with Gasteiger partial charge in [0, 0.05) is 20.1 Å². The summed E-state index contributed by atoms with van der Waals surface area (Å²) >= 11 is 0. The number of ether oxygens (including phenoxy) is 1. The van der Waals surface area contributed by atoms with E-state index < -0.39 is 5.60 Å². The summed E-state index contributed by atoms with van der Waals surface area (Å²) in [6.45, 7) is 1.79. The summed E-state index contributed by atoms with van der Waals surface area (Å²) in [7, 11) is 1.62. The maximum absolute atomic E-state index is 10.1. The van der Waals surface area contributed by atoms with Crippen molar-refractivity contribution in [1.29, 1.82) is 0 Å². The minimum atomic E-state index is -0.988. The number of rotatable bonds is 4. The van der Waals surface area contributed by atoms with E-state index in [0.29, 0.717) is 37.7 Å². The lowest BCUT2D eigenvalue weighted by Crippen LogP contribution is -2.28. The molecule has 2 N–H and O–H groups in total. The summed E-state index contributed by atoms with van der Waals surface area (Å²) in [4.78, 5) is 4.15. The summed E-state index contributed by atoms with van der Waals surface area (Å²) in [5, 5.41) is 17.0. The maximum Gasteiger partial charge on any atom is 0.259 e. The van der Waals surface area contributed by atoms with Gasteiger partial charge in [0.25, 0.3) is 5.89 Å². The molecule has 0 aliphatic carbocycles. The topological polar surface area (TPSA) is 80.4 Å². The molecule has 1 aromatic rings. The monoisotopic (exact) mass is 213 g/mol. The Morgan fingerprint density at radius 3 is 3.20 bits per heavy atom. The number of aliphatic hydroxyl groups is 1. The molecule has 84 valence electrons. The van der Waals surface area contributed by atoms with Crippen LogP contribution in [0.25, 0.3) is 0 Å². The van der Waals surface area contributed by atoms with Crippen molar-refractivity contribution in [2.24, 2.45) is 0 Å². The van der Waals surface area contributed by atoms with Gasteiger partial charge in [0.1, 0.15) is 0 Å². The standard InChI is InChI=1S/C9H15N3O3/c1-14-5-2-7-11-8(15-12-7)9(13)3-4-10-6-9/h10,13H,2-6H2,1H3. The second-order valence-electron chi connectivity index (χ2n) is 3.72. The SMILES string of the molecule is COCCc1noc(C2(O)CCNC2)n1. The third-order valence-corrected chi connectivity index (χ3v) is 2.53. The highest BCUT2D eigenvalue weighted by molar-refractivity contribution is 5.03. The van der Waals surface area contributed by atoms with Gasteiger partial charge >= 0.3 is 0 Å². The molecule has 2 heterocycles. The van der Waals surface area contributed by atoms with Gasteiger partial charge in [0.05, 0.1) is 6.61 Å². The third-order valence-electron chi connectivity index (χ3n) is 2.53. The molecule has 0 radical (unpaired) electrons.